The standard InChI is InChI=1S/C24H23ClN2O10/c1-24(37-27(31)32)11-35-20-16(10-34-21(20)24)19(18(22(28)29)12-2-4-14(25)5-3-12)23(30)36-17-7-26-6-13-8-33-9-15(13)17/h2-7,16,18-21H,8-11H2,1H3,(H,28,29)/t16?,18-,19?,20-,21+,24+/m1/s1. The van der Waals surface area contributed by atoms with Gasteiger partial charge in [-0.3, -0.25) is 14.6 Å². The quantitative estimate of drug-likeness (QED) is 0.301. The Morgan fingerprint density at radius 1 is 1.24 bits per heavy atom. The van der Waals surface area contributed by atoms with Crippen LogP contribution >= 0.6 is 11.6 Å². The van der Waals surface area contributed by atoms with Gasteiger partial charge in [0, 0.05) is 28.3 Å². The summed E-state index contributed by atoms with van der Waals surface area (Å²) in [6.45, 7) is 1.75. The molecule has 13 heteroatoms. The second-order valence-electron chi connectivity index (χ2n) is 9.40. The topological polar surface area (TPSA) is 157 Å². The van der Waals surface area contributed by atoms with Crippen LogP contribution in [0, 0.1) is 22.0 Å². The molecule has 1 N–H and O–H groups in total. The van der Waals surface area contributed by atoms with Crippen molar-refractivity contribution in [2.45, 2.75) is 43.9 Å². The molecule has 37 heavy (non-hydrogen) atoms. The first-order valence-corrected chi connectivity index (χ1v) is 11.9. The van der Waals surface area contributed by atoms with Crippen LogP contribution in [0.2, 0.25) is 5.02 Å². The van der Waals surface area contributed by atoms with Crippen LogP contribution in [-0.2, 0) is 41.9 Å². The molecule has 2 fully saturated rings. The molecule has 12 nitrogen and oxygen atoms in total. The molecule has 0 radical (unpaired) electrons. The van der Waals surface area contributed by atoms with E-state index in [2.05, 4.69) is 4.98 Å². The van der Waals surface area contributed by atoms with Gasteiger partial charge in [-0.25, -0.2) is 0 Å². The molecule has 0 bridgehead atoms. The molecule has 5 rings (SSSR count). The van der Waals surface area contributed by atoms with Gasteiger partial charge >= 0.3 is 11.9 Å². The molecular formula is C24H23ClN2O10. The van der Waals surface area contributed by atoms with Gasteiger partial charge in [0.25, 0.3) is 5.09 Å². The Bertz CT molecular complexity index is 1220. The summed E-state index contributed by atoms with van der Waals surface area (Å²) in [4.78, 5) is 46.4. The van der Waals surface area contributed by atoms with Crippen LogP contribution in [0.15, 0.2) is 36.7 Å². The Hall–Kier alpha value is -3.32. The summed E-state index contributed by atoms with van der Waals surface area (Å²) in [6, 6.07) is 6.12. The molecule has 2 aromatic rings. The summed E-state index contributed by atoms with van der Waals surface area (Å²) in [5, 5.41) is 20.8. The number of pyridine rings is 1. The Labute approximate surface area is 215 Å². The molecule has 2 unspecified atom stereocenters. The fraction of sp³-hybridized carbons (Fsp3) is 0.458. The summed E-state index contributed by atoms with van der Waals surface area (Å²) in [7, 11) is 0. The highest BCUT2D eigenvalue weighted by Gasteiger charge is 2.60. The average Bonchev–Trinajstić information content (AvgIpc) is 3.55. The predicted octanol–water partition coefficient (Wildman–Crippen LogP) is 2.54. The fourth-order valence-corrected chi connectivity index (χ4v) is 5.45. The van der Waals surface area contributed by atoms with Gasteiger partial charge in [-0.2, -0.15) is 0 Å². The molecule has 6 atom stereocenters. The van der Waals surface area contributed by atoms with Crippen molar-refractivity contribution in [3.8, 4) is 5.75 Å². The number of ether oxygens (including phenoxy) is 4. The third-order valence-corrected chi connectivity index (χ3v) is 7.30. The van der Waals surface area contributed by atoms with Crippen molar-refractivity contribution >= 4 is 23.5 Å². The lowest BCUT2D eigenvalue weighted by molar-refractivity contribution is -0.781. The van der Waals surface area contributed by atoms with Gasteiger partial charge in [-0.1, -0.05) is 23.7 Å². The number of benzene rings is 1. The first-order chi connectivity index (χ1) is 17.7. The highest BCUT2D eigenvalue weighted by molar-refractivity contribution is 6.30. The monoisotopic (exact) mass is 534 g/mol. The lowest BCUT2D eigenvalue weighted by Gasteiger charge is -2.30. The molecule has 0 spiro atoms. The number of esters is 1. The minimum Gasteiger partial charge on any atom is -0.481 e. The van der Waals surface area contributed by atoms with Crippen LogP contribution in [0.25, 0.3) is 0 Å². The van der Waals surface area contributed by atoms with Crippen LogP contribution in [0.1, 0.15) is 29.5 Å². The Morgan fingerprint density at radius 3 is 2.70 bits per heavy atom. The number of aliphatic carboxylic acids is 1. The zero-order valence-electron chi connectivity index (χ0n) is 19.6. The maximum Gasteiger partial charge on any atom is 0.316 e. The number of carboxylic acid groups (broad SMARTS) is 1. The third-order valence-electron chi connectivity index (χ3n) is 7.05. The van der Waals surface area contributed by atoms with Crippen molar-refractivity contribution in [1.29, 1.82) is 0 Å². The van der Waals surface area contributed by atoms with Crippen LogP contribution in [0.4, 0.5) is 0 Å². The van der Waals surface area contributed by atoms with Crippen LogP contribution in [0.5, 0.6) is 5.75 Å². The fourth-order valence-electron chi connectivity index (χ4n) is 5.32. The molecule has 196 valence electrons. The van der Waals surface area contributed by atoms with Crippen molar-refractivity contribution in [3.63, 3.8) is 0 Å². The molecule has 3 aliphatic heterocycles. The van der Waals surface area contributed by atoms with Gasteiger partial charge in [0.05, 0.1) is 50.6 Å². The summed E-state index contributed by atoms with van der Waals surface area (Å²) >= 11 is 6.01. The summed E-state index contributed by atoms with van der Waals surface area (Å²) in [5.41, 5.74) is 0.331. The van der Waals surface area contributed by atoms with E-state index in [0.717, 1.165) is 5.56 Å². The number of rotatable bonds is 8. The number of hydrogen-bond acceptors (Lipinski definition) is 10. The van der Waals surface area contributed by atoms with Gasteiger partial charge in [0.1, 0.15) is 6.10 Å². The lowest BCUT2D eigenvalue weighted by atomic mass is 9.75. The van der Waals surface area contributed by atoms with E-state index >= 15 is 0 Å². The molecule has 3 aliphatic rings. The van der Waals surface area contributed by atoms with Crippen LogP contribution in [0.3, 0.4) is 0 Å². The number of nitrogens with zero attached hydrogens (tertiary/aromatic N) is 2. The number of halogens is 1. The molecule has 0 amide bonds. The van der Waals surface area contributed by atoms with E-state index in [1.165, 1.54) is 37.4 Å². The Balaban J connectivity index is 1.52. The van der Waals surface area contributed by atoms with Crippen LogP contribution in [-0.4, -0.2) is 58.1 Å². The van der Waals surface area contributed by atoms with Gasteiger partial charge in [-0.05, 0) is 24.6 Å². The van der Waals surface area contributed by atoms with E-state index in [0.29, 0.717) is 22.8 Å². The Morgan fingerprint density at radius 2 is 2.00 bits per heavy atom. The number of carbonyl (C=O) groups is 2. The van der Waals surface area contributed by atoms with Crippen molar-refractivity contribution in [1.82, 2.24) is 4.98 Å². The highest BCUT2D eigenvalue weighted by atomic mass is 35.5. The number of aromatic nitrogens is 1. The van der Waals surface area contributed by atoms with Gasteiger partial charge in [-0.15, -0.1) is 10.1 Å². The average molecular weight is 535 g/mol. The van der Waals surface area contributed by atoms with Gasteiger partial charge in [0.15, 0.2) is 11.4 Å². The number of fused-ring (bicyclic) bond motifs is 2. The molecule has 4 heterocycles. The first-order valence-electron chi connectivity index (χ1n) is 11.5. The van der Waals surface area contributed by atoms with E-state index in [-0.39, 0.29) is 25.6 Å². The zero-order chi connectivity index (χ0) is 26.3. The highest BCUT2D eigenvalue weighted by Crippen LogP contribution is 2.46. The number of hydrogen-bond donors (Lipinski definition) is 1. The lowest BCUT2D eigenvalue weighted by Crippen LogP contribution is -2.46. The maximum absolute atomic E-state index is 13.8. The van der Waals surface area contributed by atoms with Crippen LogP contribution < -0.4 is 4.74 Å². The predicted molar refractivity (Wildman–Crippen MR) is 123 cm³/mol. The zero-order valence-corrected chi connectivity index (χ0v) is 20.3. The molecule has 1 aromatic carbocycles. The molecule has 0 saturated carbocycles. The SMILES string of the molecule is C[C@]1(O[N+](=O)[O-])CO[C@@H]2C(C(C(=O)Oc3cncc4c3COC4)[C@H](C(=O)O)c3ccc(Cl)cc3)CO[C@@H]21. The van der Waals surface area contributed by atoms with Crippen molar-refractivity contribution in [2.24, 2.45) is 11.8 Å². The normalized spacial score (nSPS) is 27.7. The first kappa shape index (κ1) is 25.3. The molecular weight excluding hydrogens is 512 g/mol. The van der Waals surface area contributed by atoms with Crippen molar-refractivity contribution < 1.29 is 43.6 Å². The summed E-state index contributed by atoms with van der Waals surface area (Å²) in [5.74, 6) is -5.38. The summed E-state index contributed by atoms with van der Waals surface area (Å²) in [6.07, 6.45) is 1.25. The van der Waals surface area contributed by atoms with E-state index in [4.69, 9.17) is 35.4 Å². The Kier molecular flexibility index (Phi) is 6.75. The smallest absolute Gasteiger partial charge is 0.316 e. The van der Waals surface area contributed by atoms with Gasteiger partial charge < -0.3 is 28.9 Å². The van der Waals surface area contributed by atoms with E-state index in [1.54, 1.807) is 6.20 Å². The second kappa shape index (κ2) is 9.86. The van der Waals surface area contributed by atoms with Crippen molar-refractivity contribution in [3.05, 3.63) is 68.5 Å². The van der Waals surface area contributed by atoms with Crippen molar-refractivity contribution in [2.75, 3.05) is 13.2 Å². The minimum absolute atomic E-state index is 0.0998. The maximum atomic E-state index is 13.8. The molecule has 0 aliphatic carbocycles. The molecule has 2 saturated heterocycles. The number of carboxylic acids is 1. The van der Waals surface area contributed by atoms with E-state index in [1.807, 2.05) is 0 Å². The minimum atomic E-state index is -1.42. The van der Waals surface area contributed by atoms with E-state index in [9.17, 15) is 24.8 Å². The van der Waals surface area contributed by atoms with Gasteiger partial charge in [0.2, 0.25) is 0 Å². The third kappa shape index (κ3) is 4.73. The largest absolute Gasteiger partial charge is 0.481 e. The second-order valence-corrected chi connectivity index (χ2v) is 9.84. The molecule has 1 aromatic heterocycles. The summed E-state index contributed by atoms with van der Waals surface area (Å²) < 4.78 is 22.9. The number of carbonyl (C=O) groups excluding carboxylic acids is 1. The van der Waals surface area contributed by atoms with E-state index < -0.39 is 52.6 Å².